The van der Waals surface area contributed by atoms with Crippen LogP contribution < -0.4 is 19.7 Å². The summed E-state index contributed by atoms with van der Waals surface area (Å²) in [5, 5.41) is 12.3. The summed E-state index contributed by atoms with van der Waals surface area (Å²) in [5.74, 6) is 2.51. The summed E-state index contributed by atoms with van der Waals surface area (Å²) in [7, 11) is 7.23. The first kappa shape index (κ1) is 21.1. The van der Waals surface area contributed by atoms with Gasteiger partial charge in [-0.05, 0) is 67.2 Å². The molecule has 27 heavy (non-hydrogen) atoms. The molecule has 2 aromatic carbocycles. The highest BCUT2D eigenvalue weighted by atomic mass is 16.5. The van der Waals surface area contributed by atoms with Gasteiger partial charge < -0.3 is 24.8 Å². The Morgan fingerprint density at radius 3 is 2.22 bits per heavy atom. The SMILES string of the molecule is COc1ccc(C2CCNCC2)cc1.COc1ccc(CO)cc1N(C)C.[HH]. The fraction of sp³-hybridized carbons (Fsp3) is 0.455. The molecule has 1 fully saturated rings. The molecule has 2 N–H and O–H groups in total. The molecule has 0 spiro atoms. The predicted octanol–water partition coefficient (Wildman–Crippen LogP) is 3.66. The van der Waals surface area contributed by atoms with Crippen molar-refractivity contribution in [2.75, 3.05) is 46.3 Å². The molecule has 5 nitrogen and oxygen atoms in total. The van der Waals surface area contributed by atoms with Crippen LogP contribution in [0.4, 0.5) is 5.69 Å². The van der Waals surface area contributed by atoms with Gasteiger partial charge >= 0.3 is 0 Å². The second-order valence-corrected chi connectivity index (χ2v) is 6.86. The first-order chi connectivity index (χ1) is 13.1. The van der Waals surface area contributed by atoms with Gasteiger partial charge in [-0.3, -0.25) is 0 Å². The highest BCUT2D eigenvalue weighted by Gasteiger charge is 2.14. The van der Waals surface area contributed by atoms with Gasteiger partial charge in [0.15, 0.2) is 0 Å². The number of nitrogens with one attached hydrogen (secondary N) is 1. The number of hydrogen-bond donors (Lipinski definition) is 2. The van der Waals surface area contributed by atoms with Crippen molar-refractivity contribution in [3.8, 4) is 11.5 Å². The third-order valence-electron chi connectivity index (χ3n) is 4.83. The third-order valence-corrected chi connectivity index (χ3v) is 4.83. The number of aliphatic hydroxyl groups excluding tert-OH is 1. The first-order valence-corrected chi connectivity index (χ1v) is 9.38. The molecule has 0 atom stereocenters. The van der Waals surface area contributed by atoms with E-state index in [9.17, 15) is 0 Å². The van der Waals surface area contributed by atoms with Gasteiger partial charge in [-0.1, -0.05) is 18.2 Å². The average Bonchev–Trinajstić information content (AvgIpc) is 2.74. The fourth-order valence-electron chi connectivity index (χ4n) is 3.21. The maximum absolute atomic E-state index is 8.95. The van der Waals surface area contributed by atoms with Gasteiger partial charge in [-0.25, -0.2) is 0 Å². The Balaban J connectivity index is 0.000000271. The number of aliphatic hydroxyl groups is 1. The summed E-state index contributed by atoms with van der Waals surface area (Å²) >= 11 is 0. The summed E-state index contributed by atoms with van der Waals surface area (Å²) in [6.07, 6.45) is 2.51. The third kappa shape index (κ3) is 6.15. The normalized spacial score (nSPS) is 14.1. The quantitative estimate of drug-likeness (QED) is 0.836. The molecule has 150 valence electrons. The zero-order valence-electron chi connectivity index (χ0n) is 16.9. The van der Waals surface area contributed by atoms with Crippen LogP contribution in [0.3, 0.4) is 0 Å². The lowest BCUT2D eigenvalue weighted by molar-refractivity contribution is 0.281. The Kier molecular flexibility index (Phi) is 8.43. The van der Waals surface area contributed by atoms with E-state index in [1.54, 1.807) is 14.2 Å². The van der Waals surface area contributed by atoms with E-state index in [1.165, 1.54) is 18.4 Å². The van der Waals surface area contributed by atoms with Crippen LogP contribution in [0.15, 0.2) is 42.5 Å². The molecule has 0 aromatic heterocycles. The largest absolute Gasteiger partial charge is 0.497 e. The molecular formula is C22H34N2O3. The van der Waals surface area contributed by atoms with Crippen LogP contribution >= 0.6 is 0 Å². The van der Waals surface area contributed by atoms with Gasteiger partial charge in [0.05, 0.1) is 26.5 Å². The van der Waals surface area contributed by atoms with Crippen LogP contribution in [0.5, 0.6) is 11.5 Å². The lowest BCUT2D eigenvalue weighted by Crippen LogP contribution is -2.26. The van der Waals surface area contributed by atoms with Gasteiger partial charge in [0.1, 0.15) is 11.5 Å². The summed E-state index contributed by atoms with van der Waals surface area (Å²) in [4.78, 5) is 1.96. The number of ether oxygens (including phenoxy) is 2. The fourth-order valence-corrected chi connectivity index (χ4v) is 3.21. The van der Waals surface area contributed by atoms with Crippen LogP contribution in [0, 0.1) is 0 Å². The molecule has 1 heterocycles. The minimum absolute atomic E-state index is 0. The molecular weight excluding hydrogens is 340 g/mol. The monoisotopic (exact) mass is 374 g/mol. The number of anilines is 1. The van der Waals surface area contributed by atoms with Gasteiger partial charge in [-0.2, -0.15) is 0 Å². The standard InChI is InChI=1S/C12H17NO.C10H15NO2.H2/c1-14-12-4-2-10(3-5-12)11-6-8-13-9-7-11;1-11(2)9-6-8(7-12)4-5-10(9)13-3;/h2-5,11,13H,6-9H2,1H3;4-6,12H,7H2,1-3H3;1H. The van der Waals surface area contributed by atoms with Gasteiger partial charge in [0.25, 0.3) is 0 Å². The van der Waals surface area contributed by atoms with Crippen molar-refractivity contribution in [2.45, 2.75) is 25.4 Å². The Morgan fingerprint density at radius 2 is 1.70 bits per heavy atom. The number of rotatable bonds is 5. The maximum Gasteiger partial charge on any atom is 0.142 e. The molecule has 1 saturated heterocycles. The van der Waals surface area contributed by atoms with Crippen LogP contribution in [0.2, 0.25) is 0 Å². The van der Waals surface area contributed by atoms with Crippen molar-refractivity contribution in [1.29, 1.82) is 0 Å². The van der Waals surface area contributed by atoms with Gasteiger partial charge in [-0.15, -0.1) is 0 Å². The second-order valence-electron chi connectivity index (χ2n) is 6.86. The summed E-state index contributed by atoms with van der Waals surface area (Å²) in [5.41, 5.74) is 3.32. The zero-order chi connectivity index (χ0) is 19.6. The van der Waals surface area contributed by atoms with Crippen molar-refractivity contribution >= 4 is 5.69 Å². The van der Waals surface area contributed by atoms with Crippen LogP contribution in [0.25, 0.3) is 0 Å². The minimum Gasteiger partial charge on any atom is -0.497 e. The zero-order valence-corrected chi connectivity index (χ0v) is 16.9. The van der Waals surface area contributed by atoms with Crippen LogP contribution in [-0.2, 0) is 6.61 Å². The predicted molar refractivity (Wildman–Crippen MR) is 113 cm³/mol. The van der Waals surface area contributed by atoms with Gasteiger partial charge in [0, 0.05) is 15.5 Å². The molecule has 0 aliphatic carbocycles. The van der Waals surface area contributed by atoms with Crippen LogP contribution in [-0.4, -0.2) is 46.5 Å². The lowest BCUT2D eigenvalue weighted by Gasteiger charge is -2.22. The Bertz CT molecular complexity index is 687. The van der Waals surface area contributed by atoms with Crippen molar-refractivity contribution in [2.24, 2.45) is 0 Å². The molecule has 3 rings (SSSR count). The van der Waals surface area contributed by atoms with E-state index in [1.807, 2.05) is 37.2 Å². The van der Waals surface area contributed by atoms with E-state index < -0.39 is 0 Å². The van der Waals surface area contributed by atoms with E-state index >= 15 is 0 Å². The second kappa shape index (κ2) is 10.8. The molecule has 0 unspecified atom stereocenters. The van der Waals surface area contributed by atoms with Gasteiger partial charge in [0.2, 0.25) is 0 Å². The molecule has 0 saturated carbocycles. The molecule has 1 aliphatic rings. The molecule has 1 aliphatic heterocycles. The van der Waals surface area contributed by atoms with Crippen molar-refractivity contribution < 1.29 is 16.0 Å². The Hall–Kier alpha value is -2.24. The first-order valence-electron chi connectivity index (χ1n) is 9.38. The maximum atomic E-state index is 8.95. The molecule has 0 amide bonds. The lowest BCUT2D eigenvalue weighted by atomic mass is 9.90. The van der Waals surface area contributed by atoms with Crippen LogP contribution in [0.1, 0.15) is 31.3 Å². The summed E-state index contributed by atoms with van der Waals surface area (Å²) in [6.45, 7) is 2.36. The topological polar surface area (TPSA) is 54.0 Å². The van der Waals surface area contributed by atoms with E-state index in [2.05, 4.69) is 29.6 Å². The Morgan fingerprint density at radius 1 is 1.04 bits per heavy atom. The van der Waals surface area contributed by atoms with Crippen molar-refractivity contribution in [3.63, 3.8) is 0 Å². The number of hydrogen-bond acceptors (Lipinski definition) is 5. The van der Waals surface area contributed by atoms with E-state index in [0.717, 1.165) is 41.8 Å². The van der Waals surface area contributed by atoms with E-state index in [-0.39, 0.29) is 8.03 Å². The van der Waals surface area contributed by atoms with E-state index in [4.69, 9.17) is 14.6 Å². The highest BCUT2D eigenvalue weighted by molar-refractivity contribution is 5.59. The smallest absolute Gasteiger partial charge is 0.142 e. The summed E-state index contributed by atoms with van der Waals surface area (Å²) < 4.78 is 10.3. The molecule has 0 bridgehead atoms. The van der Waals surface area contributed by atoms with Crippen molar-refractivity contribution in [3.05, 3.63) is 53.6 Å². The summed E-state index contributed by atoms with van der Waals surface area (Å²) in [6, 6.07) is 14.1. The minimum atomic E-state index is 0. The molecule has 0 radical (unpaired) electrons. The van der Waals surface area contributed by atoms with E-state index in [0.29, 0.717) is 0 Å². The number of methoxy groups -OCH3 is 2. The Labute approximate surface area is 164 Å². The molecule has 2 aromatic rings. The number of nitrogens with zero attached hydrogens (tertiary/aromatic N) is 1. The average molecular weight is 375 g/mol. The highest BCUT2D eigenvalue weighted by Crippen LogP contribution is 2.28. The van der Waals surface area contributed by atoms with Crippen molar-refractivity contribution in [1.82, 2.24) is 5.32 Å². The number of piperidine rings is 1. The number of benzene rings is 2. The molecule has 5 heteroatoms.